The van der Waals surface area contributed by atoms with Crippen LogP contribution in [-0.2, 0) is 0 Å². The first-order chi connectivity index (χ1) is 9.22. The van der Waals surface area contributed by atoms with E-state index in [1.807, 2.05) is 42.5 Å². The fraction of sp³-hybridized carbons (Fsp3) is 0.125. The lowest BCUT2D eigenvalue weighted by molar-refractivity contribution is 0.402. The molecule has 19 heavy (non-hydrogen) atoms. The summed E-state index contributed by atoms with van der Waals surface area (Å²) in [5, 5.41) is 0. The lowest BCUT2D eigenvalue weighted by atomic mass is 10.1. The molecule has 0 heterocycles. The van der Waals surface area contributed by atoms with Crippen molar-refractivity contribution in [1.82, 2.24) is 0 Å². The Morgan fingerprint density at radius 3 is 2.26 bits per heavy atom. The molecule has 0 saturated carbocycles. The average molecular weight is 253 g/mol. The number of methoxy groups -OCH3 is 2. The number of nitrogens with two attached hydrogens (primary N) is 1. The molecule has 0 unspecified atom stereocenters. The first-order valence-electron chi connectivity index (χ1n) is 5.82. The van der Waals surface area contributed by atoms with E-state index >= 15 is 0 Å². The van der Waals surface area contributed by atoms with Gasteiger partial charge in [-0.25, -0.2) is 0 Å². The van der Waals surface area contributed by atoms with Crippen molar-refractivity contribution in [3.8, 4) is 23.3 Å². The molecule has 0 saturated heterocycles. The summed E-state index contributed by atoms with van der Waals surface area (Å²) in [5.74, 6) is 7.63. The zero-order valence-corrected chi connectivity index (χ0v) is 10.9. The molecule has 3 nitrogen and oxygen atoms in total. The van der Waals surface area contributed by atoms with Crippen LogP contribution in [0.3, 0.4) is 0 Å². The van der Waals surface area contributed by atoms with E-state index < -0.39 is 0 Å². The Morgan fingerprint density at radius 2 is 1.63 bits per heavy atom. The maximum Gasteiger partial charge on any atom is 0.134 e. The SMILES string of the molecule is COc1ccc(OC)c(C#Cc2ccc(N)cc2)c1. The summed E-state index contributed by atoms with van der Waals surface area (Å²) in [6.45, 7) is 0. The number of hydrogen-bond acceptors (Lipinski definition) is 3. The van der Waals surface area contributed by atoms with E-state index in [1.54, 1.807) is 14.2 Å². The van der Waals surface area contributed by atoms with Gasteiger partial charge in [-0.05, 0) is 42.5 Å². The van der Waals surface area contributed by atoms with E-state index in [-0.39, 0.29) is 0 Å². The molecule has 0 aliphatic carbocycles. The highest BCUT2D eigenvalue weighted by molar-refractivity contribution is 5.53. The molecule has 2 aromatic carbocycles. The highest BCUT2D eigenvalue weighted by Gasteiger charge is 2.01. The molecule has 3 heteroatoms. The van der Waals surface area contributed by atoms with Crippen molar-refractivity contribution in [2.75, 3.05) is 20.0 Å². The van der Waals surface area contributed by atoms with Crippen molar-refractivity contribution < 1.29 is 9.47 Å². The minimum Gasteiger partial charge on any atom is -0.497 e. The predicted molar refractivity (Wildman–Crippen MR) is 76.4 cm³/mol. The van der Waals surface area contributed by atoms with Crippen LogP contribution >= 0.6 is 0 Å². The Kier molecular flexibility index (Phi) is 3.94. The van der Waals surface area contributed by atoms with E-state index in [0.717, 1.165) is 28.3 Å². The van der Waals surface area contributed by atoms with Gasteiger partial charge >= 0.3 is 0 Å². The average Bonchev–Trinajstić information content (AvgIpc) is 2.46. The van der Waals surface area contributed by atoms with E-state index in [1.165, 1.54) is 0 Å². The van der Waals surface area contributed by atoms with Crippen molar-refractivity contribution in [2.24, 2.45) is 0 Å². The first-order valence-corrected chi connectivity index (χ1v) is 5.82. The second kappa shape index (κ2) is 5.83. The van der Waals surface area contributed by atoms with Crippen LogP contribution in [0, 0.1) is 11.8 Å². The number of benzene rings is 2. The van der Waals surface area contributed by atoms with Gasteiger partial charge in [-0.15, -0.1) is 0 Å². The second-order valence-electron chi connectivity index (χ2n) is 3.94. The Balaban J connectivity index is 2.34. The summed E-state index contributed by atoms with van der Waals surface area (Å²) >= 11 is 0. The zero-order valence-electron chi connectivity index (χ0n) is 10.9. The third kappa shape index (κ3) is 3.20. The number of hydrogen-bond donors (Lipinski definition) is 1. The summed E-state index contributed by atoms with van der Waals surface area (Å²) in [6, 6.07) is 13.0. The van der Waals surface area contributed by atoms with Crippen LogP contribution in [-0.4, -0.2) is 14.2 Å². The number of ether oxygens (including phenoxy) is 2. The smallest absolute Gasteiger partial charge is 0.134 e. The molecule has 0 atom stereocenters. The molecule has 0 amide bonds. The molecule has 0 aliphatic rings. The van der Waals surface area contributed by atoms with E-state index in [0.29, 0.717) is 0 Å². The van der Waals surface area contributed by atoms with Crippen LogP contribution in [0.5, 0.6) is 11.5 Å². The van der Waals surface area contributed by atoms with Crippen LogP contribution in [0.1, 0.15) is 11.1 Å². The van der Waals surface area contributed by atoms with Crippen molar-refractivity contribution in [1.29, 1.82) is 0 Å². The molecule has 0 aromatic heterocycles. The van der Waals surface area contributed by atoms with E-state index in [2.05, 4.69) is 11.8 Å². The monoisotopic (exact) mass is 253 g/mol. The van der Waals surface area contributed by atoms with Gasteiger partial charge in [0.15, 0.2) is 0 Å². The standard InChI is InChI=1S/C16H15NO2/c1-18-15-9-10-16(19-2)13(11-15)6-3-12-4-7-14(17)8-5-12/h4-5,7-11H,17H2,1-2H3. The van der Waals surface area contributed by atoms with Gasteiger partial charge in [0.2, 0.25) is 0 Å². The van der Waals surface area contributed by atoms with Gasteiger partial charge in [-0.3, -0.25) is 0 Å². The molecule has 0 fully saturated rings. The Labute approximate surface area is 113 Å². The van der Waals surface area contributed by atoms with Crippen molar-refractivity contribution in [3.05, 3.63) is 53.6 Å². The molecule has 0 bridgehead atoms. The topological polar surface area (TPSA) is 44.5 Å². The lowest BCUT2D eigenvalue weighted by Gasteiger charge is -2.05. The summed E-state index contributed by atoms with van der Waals surface area (Å²) in [5.41, 5.74) is 8.05. The first kappa shape index (κ1) is 12.8. The zero-order chi connectivity index (χ0) is 13.7. The molecule has 96 valence electrons. The quantitative estimate of drug-likeness (QED) is 0.661. The largest absolute Gasteiger partial charge is 0.497 e. The van der Waals surface area contributed by atoms with Crippen LogP contribution in [0.2, 0.25) is 0 Å². The summed E-state index contributed by atoms with van der Waals surface area (Å²) in [4.78, 5) is 0. The van der Waals surface area contributed by atoms with Crippen LogP contribution in [0.15, 0.2) is 42.5 Å². The van der Waals surface area contributed by atoms with Gasteiger partial charge < -0.3 is 15.2 Å². The van der Waals surface area contributed by atoms with Crippen LogP contribution in [0.4, 0.5) is 5.69 Å². The molecule has 2 N–H and O–H groups in total. The van der Waals surface area contributed by atoms with Gasteiger partial charge in [0.25, 0.3) is 0 Å². The summed E-state index contributed by atoms with van der Waals surface area (Å²) < 4.78 is 10.5. The Hall–Kier alpha value is -2.60. The predicted octanol–water partition coefficient (Wildman–Crippen LogP) is 2.69. The third-order valence-corrected chi connectivity index (χ3v) is 2.66. The Morgan fingerprint density at radius 1 is 0.895 bits per heavy atom. The molecule has 2 aromatic rings. The summed E-state index contributed by atoms with van der Waals surface area (Å²) in [6.07, 6.45) is 0. The van der Waals surface area contributed by atoms with Gasteiger partial charge in [0, 0.05) is 11.3 Å². The fourth-order valence-corrected chi connectivity index (χ4v) is 1.62. The van der Waals surface area contributed by atoms with Gasteiger partial charge in [0.1, 0.15) is 11.5 Å². The van der Waals surface area contributed by atoms with Crippen LogP contribution < -0.4 is 15.2 Å². The molecule has 2 rings (SSSR count). The Bertz CT molecular complexity index is 621. The maximum atomic E-state index is 5.63. The van der Waals surface area contributed by atoms with E-state index in [4.69, 9.17) is 15.2 Å². The molecule has 0 spiro atoms. The van der Waals surface area contributed by atoms with Gasteiger partial charge in [-0.2, -0.15) is 0 Å². The minimum absolute atomic E-state index is 0.726. The third-order valence-electron chi connectivity index (χ3n) is 2.66. The summed E-state index contributed by atoms with van der Waals surface area (Å²) in [7, 11) is 3.25. The number of anilines is 1. The number of nitrogen functional groups attached to an aromatic ring is 1. The number of rotatable bonds is 2. The van der Waals surface area contributed by atoms with Gasteiger partial charge in [-0.1, -0.05) is 11.8 Å². The molecule has 0 radical (unpaired) electrons. The maximum absolute atomic E-state index is 5.63. The van der Waals surface area contributed by atoms with Gasteiger partial charge in [0.05, 0.1) is 19.8 Å². The molecular weight excluding hydrogens is 238 g/mol. The highest BCUT2D eigenvalue weighted by atomic mass is 16.5. The second-order valence-corrected chi connectivity index (χ2v) is 3.94. The van der Waals surface area contributed by atoms with Crippen molar-refractivity contribution in [2.45, 2.75) is 0 Å². The van der Waals surface area contributed by atoms with Crippen LogP contribution in [0.25, 0.3) is 0 Å². The van der Waals surface area contributed by atoms with Crippen molar-refractivity contribution >= 4 is 5.69 Å². The fourth-order valence-electron chi connectivity index (χ4n) is 1.62. The molecular formula is C16H15NO2. The highest BCUT2D eigenvalue weighted by Crippen LogP contribution is 2.23. The minimum atomic E-state index is 0.726. The van der Waals surface area contributed by atoms with E-state index in [9.17, 15) is 0 Å². The lowest BCUT2D eigenvalue weighted by Crippen LogP contribution is -1.90. The molecule has 0 aliphatic heterocycles. The van der Waals surface area contributed by atoms with Crippen molar-refractivity contribution in [3.63, 3.8) is 0 Å². The normalized spacial score (nSPS) is 9.37.